The molecule has 106 valence electrons. The molecule has 1 N–H and O–H groups in total. The zero-order valence-electron chi connectivity index (χ0n) is 11.6. The number of nitrogens with one attached hydrogen (secondary N) is 1. The van der Waals surface area contributed by atoms with Crippen LogP contribution in [0.3, 0.4) is 0 Å². The highest BCUT2D eigenvalue weighted by Crippen LogP contribution is 2.21. The van der Waals surface area contributed by atoms with Gasteiger partial charge in [0.2, 0.25) is 5.91 Å². The summed E-state index contributed by atoms with van der Waals surface area (Å²) in [5.74, 6) is -0.0296. The molecule has 0 aliphatic carbocycles. The Morgan fingerprint density at radius 1 is 1.19 bits per heavy atom. The van der Waals surface area contributed by atoms with E-state index in [0.29, 0.717) is 6.54 Å². The van der Waals surface area contributed by atoms with Gasteiger partial charge in [-0.25, -0.2) is 0 Å². The van der Waals surface area contributed by atoms with Crippen LogP contribution >= 0.6 is 15.9 Å². The van der Waals surface area contributed by atoms with E-state index in [1.54, 1.807) is 0 Å². The molecule has 4 heteroatoms. The fraction of sp³-hybridized carbons (Fsp3) is 0.118. The highest BCUT2D eigenvalue weighted by atomic mass is 79.9. The van der Waals surface area contributed by atoms with Gasteiger partial charge in [-0.2, -0.15) is 0 Å². The molecule has 3 rings (SSSR count). The first-order chi connectivity index (χ1) is 10.1. The number of carbonyl (C=O) groups excluding carboxylic acids is 1. The smallest absolute Gasteiger partial charge is 0.244 e. The van der Waals surface area contributed by atoms with Crippen LogP contribution in [-0.2, 0) is 11.3 Å². The maximum absolute atomic E-state index is 12.2. The number of rotatable bonds is 3. The number of hydrogen-bond donors (Lipinski definition) is 1. The van der Waals surface area contributed by atoms with Gasteiger partial charge in [0.1, 0.15) is 6.54 Å². The van der Waals surface area contributed by atoms with Crippen LogP contribution in [0.25, 0.3) is 10.9 Å². The molecule has 0 radical (unpaired) electrons. The van der Waals surface area contributed by atoms with Gasteiger partial charge in [0, 0.05) is 21.9 Å². The number of amides is 1. The van der Waals surface area contributed by atoms with E-state index in [-0.39, 0.29) is 5.91 Å². The fourth-order valence-electron chi connectivity index (χ4n) is 2.37. The summed E-state index contributed by atoms with van der Waals surface area (Å²) in [6.07, 6.45) is 1.94. The van der Waals surface area contributed by atoms with Gasteiger partial charge in [0.05, 0.1) is 0 Å². The number of anilines is 1. The minimum Gasteiger partial charge on any atom is -0.338 e. The van der Waals surface area contributed by atoms with E-state index >= 15 is 0 Å². The predicted octanol–water partition coefficient (Wildman–Crippen LogP) is 4.35. The van der Waals surface area contributed by atoms with Gasteiger partial charge in [-0.1, -0.05) is 34.1 Å². The second-order valence-corrected chi connectivity index (χ2v) is 5.98. The Morgan fingerprint density at radius 3 is 2.86 bits per heavy atom. The third kappa shape index (κ3) is 3.16. The first kappa shape index (κ1) is 13.9. The minimum absolute atomic E-state index is 0.0296. The Kier molecular flexibility index (Phi) is 3.80. The van der Waals surface area contributed by atoms with Crippen molar-refractivity contribution in [1.82, 2.24) is 4.57 Å². The number of aromatic nitrogens is 1. The lowest BCUT2D eigenvalue weighted by Gasteiger charge is -2.08. The molecule has 1 aromatic heterocycles. The van der Waals surface area contributed by atoms with Crippen molar-refractivity contribution >= 4 is 38.4 Å². The van der Waals surface area contributed by atoms with Crippen LogP contribution in [0.5, 0.6) is 0 Å². The van der Waals surface area contributed by atoms with Crippen molar-refractivity contribution in [2.45, 2.75) is 13.5 Å². The quantitative estimate of drug-likeness (QED) is 0.754. The lowest BCUT2D eigenvalue weighted by Crippen LogP contribution is -2.18. The van der Waals surface area contributed by atoms with Gasteiger partial charge < -0.3 is 9.88 Å². The first-order valence-electron chi connectivity index (χ1n) is 6.73. The van der Waals surface area contributed by atoms with Crippen LogP contribution in [0.15, 0.2) is 59.2 Å². The van der Waals surface area contributed by atoms with Crippen molar-refractivity contribution in [3.63, 3.8) is 0 Å². The van der Waals surface area contributed by atoms with Crippen LogP contribution < -0.4 is 5.32 Å². The van der Waals surface area contributed by atoms with E-state index in [1.165, 1.54) is 0 Å². The maximum atomic E-state index is 12.2. The van der Waals surface area contributed by atoms with Crippen LogP contribution in [0.2, 0.25) is 0 Å². The molecule has 0 saturated carbocycles. The average molecular weight is 343 g/mol. The topological polar surface area (TPSA) is 34.0 Å². The van der Waals surface area contributed by atoms with Crippen molar-refractivity contribution in [1.29, 1.82) is 0 Å². The number of carbonyl (C=O) groups is 1. The minimum atomic E-state index is -0.0296. The molecule has 1 amide bonds. The van der Waals surface area contributed by atoms with Crippen molar-refractivity contribution in [2.24, 2.45) is 0 Å². The summed E-state index contributed by atoms with van der Waals surface area (Å²) in [6.45, 7) is 2.31. The Morgan fingerprint density at radius 2 is 2.05 bits per heavy atom. The third-order valence-corrected chi connectivity index (χ3v) is 3.84. The molecule has 3 aromatic rings. The zero-order valence-corrected chi connectivity index (χ0v) is 13.2. The summed E-state index contributed by atoms with van der Waals surface area (Å²) in [7, 11) is 0. The molecule has 0 bridgehead atoms. The molecule has 3 nitrogen and oxygen atoms in total. The molecule has 0 fully saturated rings. The van der Waals surface area contributed by atoms with E-state index in [9.17, 15) is 4.79 Å². The number of nitrogens with zero attached hydrogens (tertiary/aromatic N) is 1. The van der Waals surface area contributed by atoms with Gasteiger partial charge in [0.25, 0.3) is 0 Å². The molecule has 0 spiro atoms. The number of hydrogen-bond acceptors (Lipinski definition) is 1. The van der Waals surface area contributed by atoms with Gasteiger partial charge in [-0.15, -0.1) is 0 Å². The lowest BCUT2D eigenvalue weighted by molar-refractivity contribution is -0.116. The molecule has 0 aliphatic heterocycles. The van der Waals surface area contributed by atoms with Gasteiger partial charge in [0.15, 0.2) is 0 Å². The SMILES string of the molecule is Cc1cccc(NC(=O)Cn2ccc3ccc(Br)cc32)c1. The fourth-order valence-corrected chi connectivity index (χ4v) is 2.72. The van der Waals surface area contributed by atoms with E-state index in [0.717, 1.165) is 26.6 Å². The van der Waals surface area contributed by atoms with Gasteiger partial charge in [-0.05, 0) is 48.2 Å². The largest absolute Gasteiger partial charge is 0.338 e. The number of aryl methyl sites for hydroxylation is 1. The van der Waals surface area contributed by atoms with Crippen molar-refractivity contribution in [3.05, 3.63) is 64.8 Å². The van der Waals surface area contributed by atoms with E-state index < -0.39 is 0 Å². The number of halogens is 1. The summed E-state index contributed by atoms with van der Waals surface area (Å²) < 4.78 is 2.96. The molecule has 0 atom stereocenters. The molecule has 0 unspecified atom stereocenters. The summed E-state index contributed by atoms with van der Waals surface area (Å²) in [6, 6.07) is 15.9. The Balaban J connectivity index is 1.79. The van der Waals surface area contributed by atoms with E-state index in [2.05, 4.69) is 21.2 Å². The summed E-state index contributed by atoms with van der Waals surface area (Å²) in [5, 5.41) is 4.06. The van der Waals surface area contributed by atoms with Crippen molar-refractivity contribution < 1.29 is 4.79 Å². The summed E-state index contributed by atoms with van der Waals surface area (Å²) in [4.78, 5) is 12.2. The van der Waals surface area contributed by atoms with Crippen LogP contribution in [-0.4, -0.2) is 10.5 Å². The predicted molar refractivity (Wildman–Crippen MR) is 89.4 cm³/mol. The average Bonchev–Trinajstić information content (AvgIpc) is 2.81. The third-order valence-electron chi connectivity index (χ3n) is 3.35. The lowest BCUT2D eigenvalue weighted by atomic mass is 10.2. The second kappa shape index (κ2) is 5.74. The monoisotopic (exact) mass is 342 g/mol. The van der Waals surface area contributed by atoms with E-state index in [1.807, 2.05) is 66.2 Å². The summed E-state index contributed by atoms with van der Waals surface area (Å²) >= 11 is 3.47. The molecule has 0 saturated heterocycles. The van der Waals surface area contributed by atoms with Gasteiger partial charge in [-0.3, -0.25) is 4.79 Å². The maximum Gasteiger partial charge on any atom is 0.244 e. The van der Waals surface area contributed by atoms with Gasteiger partial charge >= 0.3 is 0 Å². The highest BCUT2D eigenvalue weighted by Gasteiger charge is 2.07. The molecule has 2 aromatic carbocycles. The standard InChI is InChI=1S/C17H15BrN2O/c1-12-3-2-4-15(9-12)19-17(21)11-20-8-7-13-5-6-14(18)10-16(13)20/h2-10H,11H2,1H3,(H,19,21). The van der Waals surface area contributed by atoms with Crippen molar-refractivity contribution in [3.8, 4) is 0 Å². The van der Waals surface area contributed by atoms with E-state index in [4.69, 9.17) is 0 Å². The Bertz CT molecular complexity index is 807. The molecular formula is C17H15BrN2O. The van der Waals surface area contributed by atoms with Crippen LogP contribution in [0.1, 0.15) is 5.56 Å². The Labute approximate surface area is 131 Å². The second-order valence-electron chi connectivity index (χ2n) is 5.06. The molecular weight excluding hydrogens is 328 g/mol. The normalized spacial score (nSPS) is 10.8. The number of benzene rings is 2. The molecule has 21 heavy (non-hydrogen) atoms. The molecule has 0 aliphatic rings. The first-order valence-corrected chi connectivity index (χ1v) is 7.52. The Hall–Kier alpha value is -2.07. The van der Waals surface area contributed by atoms with Crippen LogP contribution in [0, 0.1) is 6.92 Å². The summed E-state index contributed by atoms with van der Waals surface area (Å²) in [5.41, 5.74) is 3.00. The zero-order chi connectivity index (χ0) is 14.8. The molecule has 1 heterocycles. The number of fused-ring (bicyclic) bond motifs is 1. The van der Waals surface area contributed by atoms with Crippen LogP contribution in [0.4, 0.5) is 5.69 Å². The highest BCUT2D eigenvalue weighted by molar-refractivity contribution is 9.10. The van der Waals surface area contributed by atoms with Crippen molar-refractivity contribution in [2.75, 3.05) is 5.32 Å².